The van der Waals surface area contributed by atoms with Gasteiger partial charge in [0, 0.05) is 6.61 Å². The van der Waals surface area contributed by atoms with Crippen molar-refractivity contribution in [3.8, 4) is 0 Å². The van der Waals surface area contributed by atoms with Crippen LogP contribution in [0, 0.1) is 11.7 Å². The van der Waals surface area contributed by atoms with Gasteiger partial charge in [0.1, 0.15) is 5.82 Å². The lowest BCUT2D eigenvalue weighted by Gasteiger charge is -2.48. The molecule has 98 valence electrons. The number of halogens is 1. The molecule has 0 amide bonds. The lowest BCUT2D eigenvalue weighted by Crippen LogP contribution is -2.47. The number of rotatable bonds is 2. The molecule has 4 heteroatoms. The van der Waals surface area contributed by atoms with Crippen LogP contribution in [0.3, 0.4) is 0 Å². The summed E-state index contributed by atoms with van der Waals surface area (Å²) < 4.78 is 18.8. The van der Waals surface area contributed by atoms with E-state index in [1.165, 1.54) is 18.7 Å². The maximum absolute atomic E-state index is 12.9. The number of hydrogen-bond acceptors (Lipinski definition) is 3. The fraction of sp³-hybridized carbons (Fsp3) is 0.643. The highest BCUT2D eigenvalue weighted by molar-refractivity contribution is 5.11. The molecular weight excluding hydrogens is 231 g/mol. The van der Waals surface area contributed by atoms with Crippen molar-refractivity contribution >= 4 is 0 Å². The van der Waals surface area contributed by atoms with Gasteiger partial charge in [-0.25, -0.2) is 4.39 Å². The van der Waals surface area contributed by atoms with E-state index in [4.69, 9.17) is 10.5 Å². The van der Waals surface area contributed by atoms with Crippen molar-refractivity contribution in [2.75, 3.05) is 6.61 Å². The third kappa shape index (κ3) is 2.15. The Balaban J connectivity index is 1.71. The second-order valence-electron chi connectivity index (χ2n) is 5.56. The second-order valence-corrected chi connectivity index (χ2v) is 5.56. The summed E-state index contributed by atoms with van der Waals surface area (Å²) in [4.78, 5) is 4.10. The number of nitrogens with two attached hydrogens (primary N) is 1. The monoisotopic (exact) mass is 250 g/mol. The molecule has 2 heterocycles. The lowest BCUT2D eigenvalue weighted by molar-refractivity contribution is -0.146. The molecule has 0 radical (unpaired) electrons. The van der Waals surface area contributed by atoms with E-state index in [2.05, 4.69) is 4.98 Å². The second kappa shape index (κ2) is 4.59. The topological polar surface area (TPSA) is 48.1 Å². The highest BCUT2D eigenvalue weighted by Gasteiger charge is 2.44. The first-order chi connectivity index (χ1) is 8.69. The fourth-order valence-corrected chi connectivity index (χ4v) is 3.12. The number of aromatic nitrogens is 1. The van der Waals surface area contributed by atoms with E-state index in [0.29, 0.717) is 5.92 Å². The number of pyridine rings is 1. The van der Waals surface area contributed by atoms with Crippen LogP contribution in [0.4, 0.5) is 4.39 Å². The first-order valence-corrected chi connectivity index (χ1v) is 6.70. The van der Waals surface area contributed by atoms with Crippen LogP contribution in [-0.2, 0) is 4.74 Å². The van der Waals surface area contributed by atoms with E-state index in [-0.39, 0.29) is 17.5 Å². The van der Waals surface area contributed by atoms with Gasteiger partial charge >= 0.3 is 0 Å². The van der Waals surface area contributed by atoms with Crippen molar-refractivity contribution in [1.29, 1.82) is 0 Å². The number of ether oxygens (including phenoxy) is 1. The van der Waals surface area contributed by atoms with Gasteiger partial charge in [-0.2, -0.15) is 0 Å². The molecule has 1 saturated heterocycles. The Kier molecular flexibility index (Phi) is 3.08. The standard InChI is InChI=1S/C14H19FN2O/c15-11-2-3-12(17-9-11)13(16)10-4-7-18-14(8-10)5-1-6-14/h2-3,9-10,13H,1,4-8,16H2. The van der Waals surface area contributed by atoms with Crippen molar-refractivity contribution in [2.24, 2.45) is 11.7 Å². The van der Waals surface area contributed by atoms with Gasteiger partial charge in [0.2, 0.25) is 0 Å². The molecule has 1 aliphatic heterocycles. The smallest absolute Gasteiger partial charge is 0.141 e. The molecule has 2 unspecified atom stereocenters. The molecule has 1 aliphatic carbocycles. The van der Waals surface area contributed by atoms with Gasteiger partial charge in [-0.3, -0.25) is 4.98 Å². The predicted octanol–water partition coefficient (Wildman–Crippen LogP) is 2.57. The van der Waals surface area contributed by atoms with Crippen LogP contribution in [0.1, 0.15) is 43.8 Å². The summed E-state index contributed by atoms with van der Waals surface area (Å²) in [5, 5.41) is 0. The summed E-state index contributed by atoms with van der Waals surface area (Å²) in [6, 6.07) is 3.02. The summed E-state index contributed by atoms with van der Waals surface area (Å²) in [5.74, 6) is 0.0883. The molecule has 2 N–H and O–H groups in total. The zero-order valence-electron chi connectivity index (χ0n) is 10.4. The van der Waals surface area contributed by atoms with Crippen molar-refractivity contribution in [3.63, 3.8) is 0 Å². The van der Waals surface area contributed by atoms with E-state index >= 15 is 0 Å². The predicted molar refractivity (Wildman–Crippen MR) is 66.4 cm³/mol. The van der Waals surface area contributed by atoms with Gasteiger partial charge in [-0.05, 0) is 50.2 Å². The summed E-state index contributed by atoms with van der Waals surface area (Å²) in [5.41, 5.74) is 7.17. The molecule has 0 bridgehead atoms. The molecule has 18 heavy (non-hydrogen) atoms. The highest BCUT2D eigenvalue weighted by Crippen LogP contribution is 2.46. The molecule has 3 nitrogen and oxygen atoms in total. The largest absolute Gasteiger partial charge is 0.375 e. The van der Waals surface area contributed by atoms with Gasteiger partial charge in [0.25, 0.3) is 0 Å². The van der Waals surface area contributed by atoms with Crippen LogP contribution in [0.2, 0.25) is 0 Å². The Morgan fingerprint density at radius 2 is 2.28 bits per heavy atom. The maximum Gasteiger partial charge on any atom is 0.141 e. The molecule has 1 saturated carbocycles. The van der Waals surface area contributed by atoms with E-state index < -0.39 is 0 Å². The summed E-state index contributed by atoms with van der Waals surface area (Å²) in [6.45, 7) is 0.791. The zero-order chi connectivity index (χ0) is 12.6. The summed E-state index contributed by atoms with van der Waals surface area (Å²) in [7, 11) is 0. The van der Waals surface area contributed by atoms with E-state index in [0.717, 1.165) is 38.0 Å². The lowest BCUT2D eigenvalue weighted by atomic mass is 9.70. The highest BCUT2D eigenvalue weighted by atomic mass is 19.1. The molecule has 0 aromatic carbocycles. The molecular formula is C14H19FN2O. The van der Waals surface area contributed by atoms with Gasteiger partial charge in [-0.15, -0.1) is 0 Å². The van der Waals surface area contributed by atoms with Gasteiger partial charge in [0.05, 0.1) is 23.5 Å². The molecule has 1 aromatic heterocycles. The van der Waals surface area contributed by atoms with Crippen molar-refractivity contribution < 1.29 is 9.13 Å². The Hall–Kier alpha value is -1.00. The zero-order valence-corrected chi connectivity index (χ0v) is 10.4. The van der Waals surface area contributed by atoms with E-state index in [1.807, 2.05) is 0 Å². The van der Waals surface area contributed by atoms with Crippen molar-refractivity contribution in [3.05, 3.63) is 29.8 Å². The number of nitrogens with zero attached hydrogens (tertiary/aromatic N) is 1. The van der Waals surface area contributed by atoms with Crippen molar-refractivity contribution in [2.45, 2.75) is 43.7 Å². The third-order valence-corrected chi connectivity index (χ3v) is 4.40. The van der Waals surface area contributed by atoms with Crippen LogP contribution in [0.5, 0.6) is 0 Å². The average molecular weight is 250 g/mol. The average Bonchev–Trinajstić information content (AvgIpc) is 2.37. The molecule has 3 rings (SSSR count). The van der Waals surface area contributed by atoms with Crippen LogP contribution in [0.15, 0.2) is 18.3 Å². The summed E-state index contributed by atoms with van der Waals surface area (Å²) in [6.07, 6.45) is 6.82. The molecule has 1 spiro atoms. The van der Waals surface area contributed by atoms with Gasteiger partial charge in [-0.1, -0.05) is 0 Å². The van der Waals surface area contributed by atoms with Gasteiger partial charge < -0.3 is 10.5 Å². The maximum atomic E-state index is 12.9. The molecule has 2 fully saturated rings. The van der Waals surface area contributed by atoms with Gasteiger partial charge in [0.15, 0.2) is 0 Å². The van der Waals surface area contributed by atoms with Crippen LogP contribution >= 0.6 is 0 Å². The van der Waals surface area contributed by atoms with Crippen LogP contribution in [0.25, 0.3) is 0 Å². The van der Waals surface area contributed by atoms with Crippen molar-refractivity contribution in [1.82, 2.24) is 4.98 Å². The quantitative estimate of drug-likeness (QED) is 0.877. The molecule has 2 aliphatic rings. The third-order valence-electron chi connectivity index (χ3n) is 4.40. The molecule has 1 aromatic rings. The Labute approximate surface area is 107 Å². The summed E-state index contributed by atoms with van der Waals surface area (Å²) >= 11 is 0. The Morgan fingerprint density at radius 3 is 2.89 bits per heavy atom. The Bertz CT molecular complexity index is 416. The normalized spacial score (nSPS) is 27.8. The minimum absolute atomic E-state index is 0.0978. The van der Waals surface area contributed by atoms with Crippen LogP contribution in [-0.4, -0.2) is 17.2 Å². The molecule has 2 atom stereocenters. The minimum Gasteiger partial charge on any atom is -0.375 e. The Morgan fingerprint density at radius 1 is 1.44 bits per heavy atom. The number of hydrogen-bond donors (Lipinski definition) is 1. The SMILES string of the molecule is NC(c1ccc(F)cn1)C1CCOC2(CCC2)C1. The van der Waals surface area contributed by atoms with E-state index in [9.17, 15) is 4.39 Å². The first kappa shape index (κ1) is 12.1. The van der Waals surface area contributed by atoms with E-state index in [1.54, 1.807) is 6.07 Å². The fourth-order valence-electron chi connectivity index (χ4n) is 3.12. The van der Waals surface area contributed by atoms with Crippen LogP contribution < -0.4 is 5.73 Å². The minimum atomic E-state index is -0.312. The first-order valence-electron chi connectivity index (χ1n) is 6.70.